The lowest BCUT2D eigenvalue weighted by molar-refractivity contribution is 0.569. The average Bonchev–Trinajstić information content (AvgIpc) is 3.21. The van der Waals surface area contributed by atoms with Crippen LogP contribution in [0.4, 0.5) is 34.1 Å². The molecule has 0 radical (unpaired) electrons. The standard InChI is InChI=1S/C64H76N2/c1-57(2,3)39-21-25-51-43(33-39)61(13,14)47-29-37(30-48-55(47)65(51)52-26-22-40(58(4,5)6)34-44(52)62(48,15)16)38-31-49-56-50(32-38)64(19,20)46-36-42(60(10,11)12)24-28-54(46)66(56)53-27-23-41(59(7,8)9)35-45(53)63(49,17)18/h21-36H,1-20H3. The fourth-order valence-electron chi connectivity index (χ4n) is 12.1. The molecule has 0 N–H and O–H groups in total. The minimum atomic E-state index is -0.255. The Bertz CT molecular complexity index is 2650. The van der Waals surface area contributed by atoms with Crippen LogP contribution in [0.2, 0.25) is 0 Å². The van der Waals surface area contributed by atoms with E-state index in [0.29, 0.717) is 0 Å². The van der Waals surface area contributed by atoms with Crippen molar-refractivity contribution in [3.63, 3.8) is 0 Å². The summed E-state index contributed by atoms with van der Waals surface area (Å²) in [4.78, 5) is 5.28. The Labute approximate surface area is 398 Å². The van der Waals surface area contributed by atoms with Gasteiger partial charge in [0.25, 0.3) is 0 Å². The summed E-state index contributed by atoms with van der Waals surface area (Å²) in [6.45, 7) is 48.0. The molecule has 66 heavy (non-hydrogen) atoms. The molecule has 6 aromatic rings. The van der Waals surface area contributed by atoms with Crippen molar-refractivity contribution in [2.75, 3.05) is 9.80 Å². The van der Waals surface area contributed by atoms with Crippen LogP contribution in [0.1, 0.15) is 205 Å². The largest absolute Gasteiger partial charge is 0.309 e. The maximum atomic E-state index is 2.64. The van der Waals surface area contributed by atoms with Crippen LogP contribution in [0.3, 0.4) is 0 Å². The van der Waals surface area contributed by atoms with Crippen molar-refractivity contribution in [2.24, 2.45) is 0 Å². The van der Waals surface area contributed by atoms with Crippen molar-refractivity contribution in [1.82, 2.24) is 0 Å². The van der Waals surface area contributed by atoms with E-state index in [4.69, 9.17) is 0 Å². The molecule has 0 atom stereocenters. The molecule has 4 aliphatic heterocycles. The van der Waals surface area contributed by atoms with Gasteiger partial charge in [0.2, 0.25) is 0 Å². The van der Waals surface area contributed by atoms with Gasteiger partial charge in [0, 0.05) is 21.7 Å². The van der Waals surface area contributed by atoms with E-state index in [9.17, 15) is 0 Å². The van der Waals surface area contributed by atoms with Crippen LogP contribution < -0.4 is 9.80 Å². The van der Waals surface area contributed by atoms with E-state index in [1.165, 1.54) is 112 Å². The third kappa shape index (κ3) is 6.17. The summed E-state index contributed by atoms with van der Waals surface area (Å²) in [6, 6.07) is 39.7. The second-order valence-electron chi connectivity index (χ2n) is 26.9. The summed E-state index contributed by atoms with van der Waals surface area (Å²) in [5, 5.41) is 0. The quantitative estimate of drug-likeness (QED) is 0.162. The van der Waals surface area contributed by atoms with Crippen LogP contribution in [0.25, 0.3) is 11.1 Å². The molecule has 2 heteroatoms. The highest BCUT2D eigenvalue weighted by Crippen LogP contribution is 2.64. The lowest BCUT2D eigenvalue weighted by Gasteiger charge is -2.51. The number of rotatable bonds is 1. The summed E-state index contributed by atoms with van der Waals surface area (Å²) >= 11 is 0. The van der Waals surface area contributed by atoms with Gasteiger partial charge in [0.15, 0.2) is 0 Å². The normalized spacial score (nSPS) is 18.1. The Morgan fingerprint density at radius 1 is 0.273 bits per heavy atom. The predicted octanol–water partition coefficient (Wildman–Crippen LogP) is 18.0. The molecule has 0 bridgehead atoms. The Hall–Kier alpha value is -5.08. The predicted molar refractivity (Wildman–Crippen MR) is 285 cm³/mol. The monoisotopic (exact) mass is 873 g/mol. The molecule has 0 saturated carbocycles. The summed E-state index contributed by atoms with van der Waals surface area (Å²) in [7, 11) is 0. The minimum Gasteiger partial charge on any atom is -0.309 e. The van der Waals surface area contributed by atoms with Crippen molar-refractivity contribution in [3.05, 3.63) is 164 Å². The summed E-state index contributed by atoms with van der Waals surface area (Å²) in [5.74, 6) is 0. The number of hydrogen-bond acceptors (Lipinski definition) is 2. The lowest BCUT2D eigenvalue weighted by Crippen LogP contribution is -2.39. The maximum absolute atomic E-state index is 2.64. The first kappa shape index (κ1) is 44.7. The third-order valence-corrected chi connectivity index (χ3v) is 16.8. The third-order valence-electron chi connectivity index (χ3n) is 16.8. The summed E-state index contributed by atoms with van der Waals surface area (Å²) in [6.07, 6.45) is 0. The van der Waals surface area contributed by atoms with Crippen molar-refractivity contribution >= 4 is 34.1 Å². The fourth-order valence-corrected chi connectivity index (χ4v) is 12.1. The second-order valence-corrected chi connectivity index (χ2v) is 26.9. The van der Waals surface area contributed by atoms with Gasteiger partial charge in [-0.1, -0.05) is 187 Å². The molecular weight excluding hydrogens is 797 g/mol. The topological polar surface area (TPSA) is 6.48 Å². The molecule has 0 saturated heterocycles. The number of benzene rings is 6. The first-order chi connectivity index (χ1) is 30.3. The van der Waals surface area contributed by atoms with E-state index in [1.807, 2.05) is 0 Å². The van der Waals surface area contributed by atoms with E-state index in [-0.39, 0.29) is 43.3 Å². The van der Waals surface area contributed by atoms with Gasteiger partial charge in [0.1, 0.15) is 0 Å². The van der Waals surface area contributed by atoms with Gasteiger partial charge >= 0.3 is 0 Å². The lowest BCUT2D eigenvalue weighted by atomic mass is 9.63. The Morgan fingerprint density at radius 3 is 0.652 bits per heavy atom. The van der Waals surface area contributed by atoms with Crippen LogP contribution >= 0.6 is 0 Å². The van der Waals surface area contributed by atoms with Crippen LogP contribution in [0.15, 0.2) is 97.1 Å². The molecule has 0 aliphatic carbocycles. The van der Waals surface area contributed by atoms with Crippen molar-refractivity contribution in [2.45, 2.75) is 182 Å². The smallest absolute Gasteiger partial charge is 0.0544 e. The van der Waals surface area contributed by atoms with Gasteiger partial charge in [-0.25, -0.2) is 0 Å². The average molecular weight is 873 g/mol. The minimum absolute atomic E-state index is 0.0261. The van der Waals surface area contributed by atoms with Gasteiger partial charge in [-0.05, 0) is 148 Å². The van der Waals surface area contributed by atoms with Crippen LogP contribution in [-0.4, -0.2) is 0 Å². The van der Waals surface area contributed by atoms with Crippen LogP contribution in [0.5, 0.6) is 0 Å². The highest BCUT2D eigenvalue weighted by Gasteiger charge is 2.49. The van der Waals surface area contributed by atoms with Crippen molar-refractivity contribution < 1.29 is 0 Å². The Balaban J connectivity index is 1.29. The number of hydrogen-bond donors (Lipinski definition) is 0. The van der Waals surface area contributed by atoms with Crippen LogP contribution in [0, 0.1) is 0 Å². The second kappa shape index (κ2) is 13.3. The van der Waals surface area contributed by atoms with E-state index >= 15 is 0 Å². The highest BCUT2D eigenvalue weighted by atomic mass is 15.2. The maximum Gasteiger partial charge on any atom is 0.0544 e. The van der Waals surface area contributed by atoms with Crippen LogP contribution in [-0.2, 0) is 43.3 Å². The Kier molecular flexibility index (Phi) is 9.04. The van der Waals surface area contributed by atoms with Gasteiger partial charge in [-0.3, -0.25) is 0 Å². The van der Waals surface area contributed by atoms with Gasteiger partial charge in [-0.15, -0.1) is 0 Å². The molecule has 10 rings (SSSR count). The molecule has 342 valence electrons. The molecule has 6 aromatic carbocycles. The molecule has 0 amide bonds. The molecule has 2 nitrogen and oxygen atoms in total. The van der Waals surface area contributed by atoms with Crippen molar-refractivity contribution in [1.29, 1.82) is 0 Å². The highest BCUT2D eigenvalue weighted by molar-refractivity contribution is 5.97. The van der Waals surface area contributed by atoms with E-state index in [0.717, 1.165) is 0 Å². The molecule has 0 unspecified atom stereocenters. The molecule has 0 fully saturated rings. The molecular formula is C64H76N2. The van der Waals surface area contributed by atoms with Gasteiger partial charge in [0.05, 0.1) is 34.1 Å². The first-order valence-corrected chi connectivity index (χ1v) is 24.9. The molecule has 0 spiro atoms. The van der Waals surface area contributed by atoms with Gasteiger partial charge in [-0.2, -0.15) is 0 Å². The summed E-state index contributed by atoms with van der Waals surface area (Å²) in [5.41, 5.74) is 26.3. The zero-order chi connectivity index (χ0) is 48.0. The van der Waals surface area contributed by atoms with E-state index in [2.05, 4.69) is 245 Å². The first-order valence-electron chi connectivity index (χ1n) is 24.9. The van der Waals surface area contributed by atoms with Gasteiger partial charge < -0.3 is 9.80 Å². The fraction of sp³-hybridized carbons (Fsp3) is 0.438. The molecule has 0 aromatic heterocycles. The van der Waals surface area contributed by atoms with E-state index < -0.39 is 0 Å². The molecule has 4 heterocycles. The Morgan fingerprint density at radius 2 is 0.470 bits per heavy atom. The summed E-state index contributed by atoms with van der Waals surface area (Å²) < 4.78 is 0. The van der Waals surface area contributed by atoms with Crippen molar-refractivity contribution in [3.8, 4) is 11.1 Å². The SMILES string of the molecule is CC(C)(C)c1ccc2c(c1)C(C)(C)c1cc(-c3cc4c5c(c3)C(C)(C)c3cc(C(C)(C)C)ccc3N5c3ccc(C(C)(C)C)cc3C4(C)C)cc3c1N2c1ccc(C(C)(C)C)cc1C3(C)C. The van der Waals surface area contributed by atoms with E-state index in [1.54, 1.807) is 0 Å². The number of nitrogens with zero attached hydrogens (tertiary/aromatic N) is 2. The number of anilines is 6. The number of fused-ring (bicyclic) bond motifs is 8. The zero-order valence-electron chi connectivity index (χ0n) is 44.1. The molecule has 4 aliphatic rings. The zero-order valence-corrected chi connectivity index (χ0v) is 44.1.